The normalized spacial score (nSPS) is 20.9. The van der Waals surface area contributed by atoms with Crippen molar-refractivity contribution in [3.8, 4) is 0 Å². The Bertz CT molecular complexity index is 529. The molecule has 0 radical (unpaired) electrons. The van der Waals surface area contributed by atoms with Gasteiger partial charge in [-0.15, -0.1) is 0 Å². The van der Waals surface area contributed by atoms with E-state index >= 15 is 0 Å². The van der Waals surface area contributed by atoms with Gasteiger partial charge in [-0.05, 0) is 0 Å². The molecule has 3 aliphatic rings. The minimum Gasteiger partial charge on any atom is -1.00 e. The molecule has 0 spiro atoms. The summed E-state index contributed by atoms with van der Waals surface area (Å²) in [5, 5.41) is 22.0. The fourth-order valence-corrected chi connectivity index (χ4v) is 16.7. The van der Waals surface area contributed by atoms with Gasteiger partial charge in [0.25, 0.3) is 0 Å². The maximum atomic E-state index is 9.32. The van der Waals surface area contributed by atoms with Crippen LogP contribution in [0.2, 0.25) is 13.1 Å². The maximum absolute atomic E-state index is 9.32. The third-order valence-corrected chi connectivity index (χ3v) is 13.4. The first-order chi connectivity index (χ1) is 9.59. The second kappa shape index (κ2) is 8.09. The van der Waals surface area contributed by atoms with Crippen molar-refractivity contribution < 1.29 is 58.3 Å². The first-order valence-corrected chi connectivity index (χ1v) is 12.9. The van der Waals surface area contributed by atoms with Crippen molar-refractivity contribution in [2.45, 2.75) is 38.8 Å². The van der Waals surface area contributed by atoms with E-state index in [4.69, 9.17) is 0 Å². The molecule has 0 saturated carbocycles. The van der Waals surface area contributed by atoms with Crippen molar-refractivity contribution in [1.29, 1.82) is 0 Å². The first-order valence-electron chi connectivity index (χ1n) is 7.44. The molecule has 0 fully saturated rings. The first kappa shape index (κ1) is 20.6. The van der Waals surface area contributed by atoms with Gasteiger partial charge in [-0.1, -0.05) is 0 Å². The van der Waals surface area contributed by atoms with E-state index in [-0.39, 0.29) is 38.0 Å². The zero-order chi connectivity index (χ0) is 14.3. The fourth-order valence-electron chi connectivity index (χ4n) is 4.03. The van der Waals surface area contributed by atoms with Crippen LogP contribution >= 0.6 is 0 Å². The molecule has 120 valence electrons. The van der Waals surface area contributed by atoms with Gasteiger partial charge in [0.05, 0.1) is 0 Å². The van der Waals surface area contributed by atoms with Crippen LogP contribution in [0.15, 0.2) is 40.3 Å². The minimum atomic E-state index is -1.61. The standard InChI is InChI=1S/C16H22O2Si.2ClH.Zr/c1-19(2,15-7-3-5-13(15)9-11-17)16-8-4-6-14(16)10-12-18;;;/h5-6,17-18H,3-4,9-12H2,1-2H3;2*1H;/q;;;+2/p-2. The smallest absolute Gasteiger partial charge is 1.00 e. The number of aliphatic hydroxyl groups excluding tert-OH is 2. The van der Waals surface area contributed by atoms with E-state index in [1.807, 2.05) is 0 Å². The average Bonchev–Trinajstić information content (AvgIpc) is 2.97. The largest absolute Gasteiger partial charge is 1.00 e. The van der Waals surface area contributed by atoms with Crippen molar-refractivity contribution in [2.75, 3.05) is 13.2 Å². The summed E-state index contributed by atoms with van der Waals surface area (Å²) in [5.41, 5.74) is 2.89. The van der Waals surface area contributed by atoms with Crippen LogP contribution in [0, 0.1) is 0 Å². The van der Waals surface area contributed by atoms with Gasteiger partial charge in [0.2, 0.25) is 0 Å². The molecule has 0 atom stereocenters. The summed E-state index contributed by atoms with van der Waals surface area (Å²) in [7, 11) is -1.61. The van der Waals surface area contributed by atoms with Crippen molar-refractivity contribution >= 4 is 8.07 Å². The van der Waals surface area contributed by atoms with Gasteiger partial charge in [-0.25, -0.2) is 0 Å². The molecule has 2 N–H and O–H groups in total. The van der Waals surface area contributed by atoms with Gasteiger partial charge >= 0.3 is 134 Å². The third-order valence-electron chi connectivity index (χ3n) is 4.67. The van der Waals surface area contributed by atoms with E-state index in [1.165, 1.54) is 24.0 Å². The Balaban J connectivity index is 0.00000121. The second-order valence-electron chi connectivity index (χ2n) is 6.27. The quantitative estimate of drug-likeness (QED) is 0.456. The van der Waals surface area contributed by atoms with Gasteiger partial charge in [-0.3, -0.25) is 0 Å². The number of hydrogen-bond acceptors (Lipinski definition) is 2. The monoisotopic (exact) mass is 434 g/mol. The summed E-state index contributed by atoms with van der Waals surface area (Å²) >= 11 is -0.586. The van der Waals surface area contributed by atoms with Crippen molar-refractivity contribution in [2.24, 2.45) is 0 Å². The van der Waals surface area contributed by atoms with Crippen molar-refractivity contribution in [3.05, 3.63) is 40.3 Å². The minimum absolute atomic E-state index is 0. The molecule has 2 aliphatic carbocycles. The summed E-state index contributed by atoms with van der Waals surface area (Å²) in [6, 6.07) is 0. The Morgan fingerprint density at radius 2 is 1.32 bits per heavy atom. The molecule has 2 nitrogen and oxygen atoms in total. The van der Waals surface area contributed by atoms with Crippen LogP contribution < -0.4 is 24.8 Å². The Morgan fingerprint density at radius 3 is 1.68 bits per heavy atom. The third kappa shape index (κ3) is 3.34. The van der Waals surface area contributed by atoms with E-state index in [2.05, 4.69) is 25.2 Å². The molecule has 0 bridgehead atoms. The molecule has 0 aromatic carbocycles. The van der Waals surface area contributed by atoms with Crippen LogP contribution in [-0.4, -0.2) is 31.5 Å². The predicted octanol–water partition coefficient (Wildman–Crippen LogP) is -3.19. The van der Waals surface area contributed by atoms with E-state index in [9.17, 15) is 10.2 Å². The number of allylic oxidation sites excluding steroid dienone is 6. The molecule has 0 saturated heterocycles. The Kier molecular flexibility index (Phi) is 7.58. The van der Waals surface area contributed by atoms with Crippen LogP contribution in [0.3, 0.4) is 0 Å². The molecule has 3 rings (SSSR count). The molecule has 6 heteroatoms. The van der Waals surface area contributed by atoms with Crippen LogP contribution in [-0.2, 0) is 23.2 Å². The average molecular weight is 437 g/mol. The molecule has 0 aromatic rings. The summed E-state index contributed by atoms with van der Waals surface area (Å²) in [6.07, 6.45) is 8.76. The second-order valence-corrected chi connectivity index (χ2v) is 14.1. The summed E-state index contributed by atoms with van der Waals surface area (Å²) in [5.74, 6) is 0. The zero-order valence-electron chi connectivity index (χ0n) is 13.0. The zero-order valence-corrected chi connectivity index (χ0v) is 18.0. The molecule has 1 heterocycles. The van der Waals surface area contributed by atoms with Gasteiger partial charge in [-0.2, -0.15) is 0 Å². The molecular formula is C16H22Cl2O2SiZr. The van der Waals surface area contributed by atoms with Gasteiger partial charge in [0.15, 0.2) is 0 Å². The van der Waals surface area contributed by atoms with Crippen LogP contribution in [0.4, 0.5) is 0 Å². The number of hydrogen-bond donors (Lipinski definition) is 2. The van der Waals surface area contributed by atoms with Crippen molar-refractivity contribution in [3.63, 3.8) is 0 Å². The maximum Gasteiger partial charge on any atom is -1.00 e. The van der Waals surface area contributed by atoms with E-state index in [0.717, 1.165) is 12.8 Å². The summed E-state index contributed by atoms with van der Waals surface area (Å²) in [6.45, 7) is 5.49. The van der Waals surface area contributed by atoms with Gasteiger partial charge in [0.1, 0.15) is 0 Å². The van der Waals surface area contributed by atoms with Gasteiger partial charge < -0.3 is 24.8 Å². The van der Waals surface area contributed by atoms with Crippen molar-refractivity contribution in [1.82, 2.24) is 0 Å². The number of aliphatic hydroxyl groups is 2. The predicted molar refractivity (Wildman–Crippen MR) is 80.3 cm³/mol. The fraction of sp³-hybridized carbons (Fsp3) is 0.500. The molecular weight excluding hydrogens is 414 g/mol. The molecule has 0 aromatic heterocycles. The molecule has 0 unspecified atom stereocenters. The molecule has 22 heavy (non-hydrogen) atoms. The number of rotatable bonds is 4. The van der Waals surface area contributed by atoms with Crippen LogP contribution in [0.1, 0.15) is 25.7 Å². The van der Waals surface area contributed by atoms with E-state index < -0.39 is 31.3 Å². The SMILES string of the molecule is C[Si]1(C)C2=[C](CC=C2CCO)[Zr+2][C]2=C1C(CCO)=CC2.[Cl-].[Cl-]. The topological polar surface area (TPSA) is 40.5 Å². The molecule has 0 amide bonds. The number of halogens is 2. The van der Waals surface area contributed by atoms with Crippen LogP contribution in [0.5, 0.6) is 0 Å². The summed E-state index contributed by atoms with van der Waals surface area (Å²) in [4.78, 5) is 0. The van der Waals surface area contributed by atoms with E-state index in [0.29, 0.717) is 0 Å². The Labute approximate surface area is 157 Å². The van der Waals surface area contributed by atoms with E-state index in [1.54, 1.807) is 17.0 Å². The Morgan fingerprint density at radius 1 is 0.909 bits per heavy atom. The van der Waals surface area contributed by atoms with Crippen LogP contribution in [0.25, 0.3) is 0 Å². The summed E-state index contributed by atoms with van der Waals surface area (Å²) < 4.78 is 3.57. The van der Waals surface area contributed by atoms with Gasteiger partial charge in [0, 0.05) is 0 Å². The Hall–Kier alpha value is 0.560. The molecule has 1 aliphatic heterocycles.